The molecule has 0 aliphatic carbocycles. The van der Waals surface area contributed by atoms with Gasteiger partial charge in [-0.2, -0.15) is 10.1 Å². The lowest BCUT2D eigenvalue weighted by Gasteiger charge is -2.06. The SMILES string of the molecule is Cc1cnc(C)c(-n2cc([N+](=O)[O-])c(OCCCn3nc(Cl)c4cnc(Cl)nc43)n2)c1. The van der Waals surface area contributed by atoms with Gasteiger partial charge in [0.05, 0.1) is 28.3 Å². The highest BCUT2D eigenvalue weighted by molar-refractivity contribution is 6.34. The fourth-order valence-electron chi connectivity index (χ4n) is 3.00. The average Bonchev–Trinajstić information content (AvgIpc) is 3.28. The van der Waals surface area contributed by atoms with Crippen LogP contribution in [-0.2, 0) is 6.54 Å². The highest BCUT2D eigenvalue weighted by Crippen LogP contribution is 2.28. The Bertz CT molecular complexity index is 1290. The fourth-order valence-corrected chi connectivity index (χ4v) is 3.35. The van der Waals surface area contributed by atoms with Crippen LogP contribution in [-0.4, -0.2) is 46.0 Å². The summed E-state index contributed by atoms with van der Waals surface area (Å²) in [6, 6.07) is 1.85. The van der Waals surface area contributed by atoms with E-state index in [4.69, 9.17) is 27.9 Å². The molecule has 4 heterocycles. The molecule has 0 saturated carbocycles. The minimum Gasteiger partial charge on any atom is -0.472 e. The Morgan fingerprint density at radius 3 is 2.77 bits per heavy atom. The van der Waals surface area contributed by atoms with Crippen LogP contribution >= 0.6 is 23.2 Å². The average molecular weight is 463 g/mol. The normalized spacial score (nSPS) is 11.2. The van der Waals surface area contributed by atoms with Gasteiger partial charge in [-0.25, -0.2) is 14.3 Å². The first kappa shape index (κ1) is 20.9. The van der Waals surface area contributed by atoms with Crippen LogP contribution in [0.5, 0.6) is 5.88 Å². The third-order valence-electron chi connectivity index (χ3n) is 4.47. The molecule has 4 rings (SSSR count). The molecular weight excluding hydrogens is 447 g/mol. The summed E-state index contributed by atoms with van der Waals surface area (Å²) in [5.41, 5.74) is 2.52. The van der Waals surface area contributed by atoms with Crippen LogP contribution < -0.4 is 4.74 Å². The second-order valence-corrected chi connectivity index (χ2v) is 7.43. The van der Waals surface area contributed by atoms with Crippen molar-refractivity contribution in [3.8, 4) is 11.6 Å². The molecular formula is C18H16Cl2N8O3. The van der Waals surface area contributed by atoms with Gasteiger partial charge in [0.15, 0.2) is 10.8 Å². The van der Waals surface area contributed by atoms with E-state index in [1.807, 2.05) is 13.0 Å². The Balaban J connectivity index is 1.49. The number of ether oxygens (including phenoxy) is 1. The number of aryl methyl sites for hydroxylation is 3. The molecule has 0 radical (unpaired) electrons. The molecule has 0 atom stereocenters. The fraction of sp³-hybridized carbons (Fsp3) is 0.278. The van der Waals surface area contributed by atoms with Gasteiger partial charge in [0, 0.05) is 25.4 Å². The van der Waals surface area contributed by atoms with Crippen LogP contribution in [0.15, 0.2) is 24.7 Å². The molecule has 0 N–H and O–H groups in total. The lowest BCUT2D eigenvalue weighted by molar-refractivity contribution is -0.385. The summed E-state index contributed by atoms with van der Waals surface area (Å²) in [6.07, 6.45) is 5.02. The molecule has 11 nitrogen and oxygen atoms in total. The molecule has 0 fully saturated rings. The van der Waals surface area contributed by atoms with Crippen molar-refractivity contribution in [1.82, 2.24) is 34.5 Å². The van der Waals surface area contributed by atoms with Crippen LogP contribution in [0.25, 0.3) is 16.7 Å². The van der Waals surface area contributed by atoms with Crippen LogP contribution in [0.4, 0.5) is 5.69 Å². The van der Waals surface area contributed by atoms with Crippen molar-refractivity contribution in [2.75, 3.05) is 6.61 Å². The second kappa shape index (κ2) is 8.44. The molecule has 0 aliphatic rings. The van der Waals surface area contributed by atoms with Crippen molar-refractivity contribution in [2.45, 2.75) is 26.8 Å². The summed E-state index contributed by atoms with van der Waals surface area (Å²) in [5.74, 6) is -0.0698. The quantitative estimate of drug-likeness (QED) is 0.176. The molecule has 0 amide bonds. The third kappa shape index (κ3) is 4.28. The van der Waals surface area contributed by atoms with Gasteiger partial charge in [0.2, 0.25) is 5.28 Å². The Morgan fingerprint density at radius 2 is 2.00 bits per heavy atom. The zero-order chi connectivity index (χ0) is 22.1. The first-order valence-corrected chi connectivity index (χ1v) is 9.94. The first-order valence-electron chi connectivity index (χ1n) is 9.18. The van der Waals surface area contributed by atoms with E-state index in [0.29, 0.717) is 35.4 Å². The van der Waals surface area contributed by atoms with Gasteiger partial charge in [0.25, 0.3) is 0 Å². The van der Waals surface area contributed by atoms with Crippen molar-refractivity contribution in [3.63, 3.8) is 0 Å². The number of aromatic nitrogens is 7. The maximum atomic E-state index is 11.5. The van der Waals surface area contributed by atoms with Gasteiger partial charge in [-0.3, -0.25) is 15.1 Å². The minimum atomic E-state index is -0.531. The molecule has 0 unspecified atom stereocenters. The smallest absolute Gasteiger partial charge is 0.350 e. The van der Waals surface area contributed by atoms with E-state index in [0.717, 1.165) is 5.56 Å². The zero-order valence-corrected chi connectivity index (χ0v) is 18.0. The summed E-state index contributed by atoms with van der Waals surface area (Å²) >= 11 is 12.0. The van der Waals surface area contributed by atoms with E-state index in [9.17, 15) is 10.1 Å². The monoisotopic (exact) mass is 462 g/mol. The summed E-state index contributed by atoms with van der Waals surface area (Å²) < 4.78 is 8.60. The van der Waals surface area contributed by atoms with E-state index in [1.54, 1.807) is 17.8 Å². The molecule has 4 aromatic heterocycles. The molecule has 31 heavy (non-hydrogen) atoms. The molecule has 0 aromatic carbocycles. The van der Waals surface area contributed by atoms with E-state index < -0.39 is 4.92 Å². The highest BCUT2D eigenvalue weighted by atomic mass is 35.5. The predicted octanol–water partition coefficient (Wildman–Crippen LogP) is 3.71. The van der Waals surface area contributed by atoms with Crippen molar-refractivity contribution in [2.24, 2.45) is 0 Å². The van der Waals surface area contributed by atoms with E-state index in [1.165, 1.54) is 17.1 Å². The number of hydrogen-bond donors (Lipinski definition) is 0. The van der Waals surface area contributed by atoms with Gasteiger partial charge in [0.1, 0.15) is 6.20 Å². The first-order chi connectivity index (χ1) is 14.8. The van der Waals surface area contributed by atoms with E-state index >= 15 is 0 Å². The Hall–Kier alpha value is -3.31. The lowest BCUT2D eigenvalue weighted by atomic mass is 10.2. The van der Waals surface area contributed by atoms with Crippen molar-refractivity contribution < 1.29 is 9.66 Å². The molecule has 4 aromatic rings. The van der Waals surface area contributed by atoms with Crippen LogP contribution in [0.2, 0.25) is 10.4 Å². The largest absolute Gasteiger partial charge is 0.472 e. The van der Waals surface area contributed by atoms with Crippen LogP contribution in [0.1, 0.15) is 17.7 Å². The maximum absolute atomic E-state index is 11.5. The molecule has 0 bridgehead atoms. The number of halogens is 2. The summed E-state index contributed by atoms with van der Waals surface area (Å²) in [7, 11) is 0. The van der Waals surface area contributed by atoms with Gasteiger partial charge in [-0.1, -0.05) is 11.6 Å². The number of nitrogens with zero attached hydrogens (tertiary/aromatic N) is 8. The topological polar surface area (TPSA) is 127 Å². The predicted molar refractivity (Wildman–Crippen MR) is 113 cm³/mol. The number of rotatable bonds is 7. The molecule has 0 saturated heterocycles. The van der Waals surface area contributed by atoms with Crippen molar-refractivity contribution in [1.29, 1.82) is 0 Å². The minimum absolute atomic E-state index is 0.0698. The molecule has 0 aliphatic heterocycles. The lowest BCUT2D eigenvalue weighted by Crippen LogP contribution is -2.08. The summed E-state index contributed by atoms with van der Waals surface area (Å²) in [6.45, 7) is 4.26. The van der Waals surface area contributed by atoms with Gasteiger partial charge in [-0.15, -0.1) is 5.10 Å². The van der Waals surface area contributed by atoms with Crippen LogP contribution in [0, 0.1) is 24.0 Å². The third-order valence-corrected chi connectivity index (χ3v) is 4.93. The Labute approximate surface area is 185 Å². The van der Waals surface area contributed by atoms with Crippen LogP contribution in [0.3, 0.4) is 0 Å². The number of hydrogen-bond acceptors (Lipinski definition) is 8. The number of pyridine rings is 1. The Kier molecular flexibility index (Phi) is 5.70. The Morgan fingerprint density at radius 1 is 1.19 bits per heavy atom. The highest BCUT2D eigenvalue weighted by Gasteiger charge is 2.22. The van der Waals surface area contributed by atoms with Crippen molar-refractivity contribution in [3.05, 3.63) is 56.5 Å². The van der Waals surface area contributed by atoms with Gasteiger partial charge >= 0.3 is 11.6 Å². The van der Waals surface area contributed by atoms with E-state index in [2.05, 4.69) is 25.1 Å². The van der Waals surface area contributed by atoms with Gasteiger partial charge < -0.3 is 4.74 Å². The van der Waals surface area contributed by atoms with E-state index in [-0.39, 0.29) is 28.6 Å². The summed E-state index contributed by atoms with van der Waals surface area (Å²) in [4.78, 5) is 23.2. The molecule has 13 heteroatoms. The zero-order valence-electron chi connectivity index (χ0n) is 16.5. The maximum Gasteiger partial charge on any atom is 0.350 e. The molecule has 0 spiro atoms. The summed E-state index contributed by atoms with van der Waals surface area (Å²) in [5, 5.41) is 20.9. The second-order valence-electron chi connectivity index (χ2n) is 6.73. The molecule has 160 valence electrons. The standard InChI is InChI=1S/C18H16Cl2N8O3/c1-10-6-13(11(2)21-7-10)27-9-14(28(29)30)17(25-27)31-5-3-4-26-16-12(15(19)24-26)8-22-18(20)23-16/h6-9H,3-5H2,1-2H3. The number of nitro groups is 1. The van der Waals surface area contributed by atoms with Gasteiger partial charge in [-0.05, 0) is 37.1 Å². The van der Waals surface area contributed by atoms with Crippen molar-refractivity contribution >= 4 is 39.9 Å². The number of fused-ring (bicyclic) bond motifs is 1.